The quantitative estimate of drug-likeness (QED) is 0.446. The van der Waals surface area contributed by atoms with Crippen molar-refractivity contribution < 1.29 is 28.5 Å². The van der Waals surface area contributed by atoms with Gasteiger partial charge in [-0.15, -0.1) is 11.8 Å². The molecule has 2 aromatic rings. The molecule has 0 aliphatic heterocycles. The number of hydrogen-bond acceptors (Lipinski definition) is 8. The highest BCUT2D eigenvalue weighted by molar-refractivity contribution is 7.98. The Balaban J connectivity index is 2.20. The first-order valence-electron chi connectivity index (χ1n) is 10.8. The first-order valence-corrected chi connectivity index (χ1v) is 12.0. The zero-order valence-electron chi connectivity index (χ0n) is 20.0. The second kappa shape index (κ2) is 11.3. The topological polar surface area (TPSA) is 100 Å². The van der Waals surface area contributed by atoms with Gasteiger partial charge in [0, 0.05) is 12.0 Å². The third-order valence-corrected chi connectivity index (χ3v) is 6.62. The molecule has 1 aliphatic rings. The number of aryl methyl sites for hydroxylation is 1. The van der Waals surface area contributed by atoms with Crippen molar-refractivity contribution in [2.24, 2.45) is 0 Å². The van der Waals surface area contributed by atoms with Crippen LogP contribution in [0.5, 0.6) is 17.2 Å². The standard InChI is InChI=1S/C25H29NO7S/c1-30-19-12-14-6-8-17(26-21(28)10-11-22(29)31-2)16-13-18(27)20(34-5)9-7-15(16)23(14)25(33-4)24(19)32-3/h7,9,12-13,17H,6,8,10-11H2,1-5H3,(H,26,28)/t17-/m0/s1. The number of benzene rings is 1. The SMILES string of the molecule is COC(=O)CCC(=O)N[C@H]1CCc2cc(OC)c(OC)c(OC)c2-c2ccc(SC)c(=O)cc21. The molecule has 0 unspecified atom stereocenters. The molecule has 1 aliphatic carbocycles. The molecular weight excluding hydrogens is 458 g/mol. The number of ether oxygens (including phenoxy) is 4. The average molecular weight is 488 g/mol. The van der Waals surface area contributed by atoms with Gasteiger partial charge in [0.15, 0.2) is 16.9 Å². The van der Waals surface area contributed by atoms with E-state index in [0.29, 0.717) is 40.5 Å². The molecule has 2 aromatic carbocycles. The minimum atomic E-state index is -0.453. The summed E-state index contributed by atoms with van der Waals surface area (Å²) in [5, 5.41) is 3.01. The van der Waals surface area contributed by atoms with Gasteiger partial charge in [-0.1, -0.05) is 6.07 Å². The lowest BCUT2D eigenvalue weighted by Crippen LogP contribution is -2.29. The van der Waals surface area contributed by atoms with Crippen LogP contribution in [0.4, 0.5) is 0 Å². The van der Waals surface area contributed by atoms with Crippen LogP contribution < -0.4 is 25.0 Å². The lowest BCUT2D eigenvalue weighted by atomic mass is 9.95. The van der Waals surface area contributed by atoms with Crippen molar-refractivity contribution in [1.29, 1.82) is 0 Å². The van der Waals surface area contributed by atoms with Gasteiger partial charge in [-0.2, -0.15) is 0 Å². The summed E-state index contributed by atoms with van der Waals surface area (Å²) in [6.45, 7) is 0. The molecule has 0 saturated carbocycles. The lowest BCUT2D eigenvalue weighted by Gasteiger charge is -2.20. The number of carbonyl (C=O) groups is 2. The van der Waals surface area contributed by atoms with E-state index in [1.165, 1.54) is 18.9 Å². The summed E-state index contributed by atoms with van der Waals surface area (Å²) in [6, 6.07) is 6.71. The molecule has 1 atom stereocenters. The van der Waals surface area contributed by atoms with Crippen molar-refractivity contribution in [2.45, 2.75) is 36.6 Å². The van der Waals surface area contributed by atoms with Crippen LogP contribution in [0, 0.1) is 0 Å². The number of thioether (sulfide) groups is 1. The van der Waals surface area contributed by atoms with Crippen LogP contribution in [0.3, 0.4) is 0 Å². The summed E-state index contributed by atoms with van der Waals surface area (Å²) < 4.78 is 21.5. The van der Waals surface area contributed by atoms with Crippen LogP contribution in [-0.4, -0.2) is 46.6 Å². The first-order chi connectivity index (χ1) is 16.4. The van der Waals surface area contributed by atoms with Crippen LogP contribution in [0.25, 0.3) is 11.1 Å². The third-order valence-electron chi connectivity index (χ3n) is 5.84. The van der Waals surface area contributed by atoms with Crippen molar-refractivity contribution in [1.82, 2.24) is 5.32 Å². The van der Waals surface area contributed by atoms with E-state index < -0.39 is 12.0 Å². The van der Waals surface area contributed by atoms with Gasteiger partial charge in [0.05, 0.1) is 45.8 Å². The summed E-state index contributed by atoms with van der Waals surface area (Å²) in [4.78, 5) is 37.7. The smallest absolute Gasteiger partial charge is 0.306 e. The molecule has 9 heteroatoms. The van der Waals surface area contributed by atoms with E-state index in [-0.39, 0.29) is 24.2 Å². The van der Waals surface area contributed by atoms with E-state index in [1.807, 2.05) is 18.4 Å². The number of methoxy groups -OCH3 is 4. The number of fused-ring (bicyclic) bond motifs is 3. The van der Waals surface area contributed by atoms with E-state index in [4.69, 9.17) is 14.2 Å². The van der Waals surface area contributed by atoms with Crippen LogP contribution in [0.15, 0.2) is 34.0 Å². The average Bonchev–Trinajstić information content (AvgIpc) is 3.09. The van der Waals surface area contributed by atoms with E-state index in [2.05, 4.69) is 10.1 Å². The fourth-order valence-electron chi connectivity index (χ4n) is 4.20. The van der Waals surface area contributed by atoms with Crippen LogP contribution in [0.1, 0.15) is 36.4 Å². The molecule has 0 saturated heterocycles. The van der Waals surface area contributed by atoms with Gasteiger partial charge in [0.1, 0.15) is 0 Å². The zero-order chi connectivity index (χ0) is 24.8. The minimum Gasteiger partial charge on any atom is -0.493 e. The first kappa shape index (κ1) is 25.4. The molecule has 0 spiro atoms. The van der Waals surface area contributed by atoms with Gasteiger partial charge in [-0.25, -0.2) is 0 Å². The Bertz CT molecular complexity index is 1150. The highest BCUT2D eigenvalue weighted by Crippen LogP contribution is 2.50. The summed E-state index contributed by atoms with van der Waals surface area (Å²) >= 11 is 1.36. The summed E-state index contributed by atoms with van der Waals surface area (Å²) in [6.07, 6.45) is 2.96. The fraction of sp³-hybridized carbons (Fsp3) is 0.400. The van der Waals surface area contributed by atoms with E-state index in [9.17, 15) is 14.4 Å². The van der Waals surface area contributed by atoms with Crippen molar-refractivity contribution in [3.8, 4) is 28.4 Å². The number of rotatable bonds is 8. The number of amides is 1. The van der Waals surface area contributed by atoms with Crippen LogP contribution >= 0.6 is 11.8 Å². The molecule has 3 rings (SSSR count). The largest absolute Gasteiger partial charge is 0.493 e. The highest BCUT2D eigenvalue weighted by Gasteiger charge is 2.29. The molecule has 0 radical (unpaired) electrons. The molecule has 0 aromatic heterocycles. The predicted octanol–water partition coefficient (Wildman–Crippen LogP) is 3.52. The maximum Gasteiger partial charge on any atom is 0.306 e. The Morgan fingerprint density at radius 1 is 1.03 bits per heavy atom. The number of nitrogens with one attached hydrogen (secondary N) is 1. The molecule has 182 valence electrons. The Hall–Kier alpha value is -3.20. The van der Waals surface area contributed by atoms with Crippen LogP contribution in [0.2, 0.25) is 0 Å². The molecule has 8 nitrogen and oxygen atoms in total. The summed E-state index contributed by atoms with van der Waals surface area (Å²) in [5.41, 5.74) is 3.06. The number of hydrogen-bond donors (Lipinski definition) is 1. The van der Waals surface area contributed by atoms with Crippen molar-refractivity contribution in [2.75, 3.05) is 34.7 Å². The molecule has 0 fully saturated rings. The maximum absolute atomic E-state index is 12.9. The van der Waals surface area contributed by atoms with Gasteiger partial charge < -0.3 is 24.3 Å². The van der Waals surface area contributed by atoms with Gasteiger partial charge in [0.2, 0.25) is 11.7 Å². The second-order valence-corrected chi connectivity index (χ2v) is 8.54. The molecule has 1 amide bonds. The molecule has 0 bridgehead atoms. The Labute approximate surface area is 202 Å². The highest BCUT2D eigenvalue weighted by atomic mass is 32.2. The van der Waals surface area contributed by atoms with E-state index in [1.54, 1.807) is 33.5 Å². The molecule has 0 heterocycles. The van der Waals surface area contributed by atoms with Gasteiger partial charge in [0.25, 0.3) is 0 Å². The maximum atomic E-state index is 12.9. The van der Waals surface area contributed by atoms with Crippen molar-refractivity contribution >= 4 is 23.6 Å². The minimum absolute atomic E-state index is 0.00429. The van der Waals surface area contributed by atoms with Gasteiger partial charge in [-0.3, -0.25) is 14.4 Å². The predicted molar refractivity (Wildman–Crippen MR) is 130 cm³/mol. The molecule has 34 heavy (non-hydrogen) atoms. The normalized spacial score (nSPS) is 14.2. The van der Waals surface area contributed by atoms with E-state index in [0.717, 1.165) is 16.7 Å². The number of carbonyl (C=O) groups excluding carboxylic acids is 2. The third kappa shape index (κ3) is 5.14. The summed E-state index contributed by atoms with van der Waals surface area (Å²) in [7, 11) is 5.95. The Morgan fingerprint density at radius 3 is 2.38 bits per heavy atom. The molecule has 1 N–H and O–H groups in total. The molecular formula is C25H29NO7S. The van der Waals surface area contributed by atoms with Gasteiger partial charge in [-0.05, 0) is 54.0 Å². The summed E-state index contributed by atoms with van der Waals surface area (Å²) in [5.74, 6) is 0.744. The fourth-order valence-corrected chi connectivity index (χ4v) is 4.67. The Morgan fingerprint density at radius 2 is 1.76 bits per heavy atom. The Kier molecular flexibility index (Phi) is 8.44. The van der Waals surface area contributed by atoms with Crippen molar-refractivity contribution in [3.05, 3.63) is 45.6 Å². The zero-order valence-corrected chi connectivity index (χ0v) is 20.8. The number of esters is 1. The monoisotopic (exact) mass is 487 g/mol. The second-order valence-electron chi connectivity index (χ2n) is 7.69. The van der Waals surface area contributed by atoms with Crippen molar-refractivity contribution in [3.63, 3.8) is 0 Å². The van der Waals surface area contributed by atoms with Gasteiger partial charge >= 0.3 is 5.97 Å². The lowest BCUT2D eigenvalue weighted by molar-refractivity contribution is -0.142. The van der Waals surface area contributed by atoms with Crippen LogP contribution in [-0.2, 0) is 20.7 Å². The van der Waals surface area contributed by atoms with E-state index >= 15 is 0 Å².